The number of thiophene rings is 1. The third-order valence-electron chi connectivity index (χ3n) is 3.56. The van der Waals surface area contributed by atoms with Gasteiger partial charge in [0.2, 0.25) is 0 Å². The van der Waals surface area contributed by atoms with E-state index in [9.17, 15) is 9.18 Å². The minimum absolute atomic E-state index is 0.256. The number of carbonyl (C=O) groups excluding carboxylic acids is 1. The molecule has 0 unspecified atom stereocenters. The lowest BCUT2D eigenvalue weighted by Gasteiger charge is -2.07. The first-order valence-electron chi connectivity index (χ1n) is 7.85. The Morgan fingerprint density at radius 1 is 1.12 bits per heavy atom. The van der Waals surface area contributed by atoms with Gasteiger partial charge in [-0.05, 0) is 66.8 Å². The topological polar surface area (TPSA) is 38.3 Å². The van der Waals surface area contributed by atoms with Crippen molar-refractivity contribution in [3.05, 3.63) is 81.3 Å². The highest BCUT2D eigenvalue weighted by Gasteiger charge is 2.10. The summed E-state index contributed by atoms with van der Waals surface area (Å²) in [4.78, 5) is 12.8. The number of halogens is 1. The van der Waals surface area contributed by atoms with Crippen molar-refractivity contribution in [1.29, 1.82) is 0 Å². The largest absolute Gasteiger partial charge is 0.489 e. The van der Waals surface area contributed by atoms with Crippen molar-refractivity contribution in [1.82, 2.24) is 0 Å². The molecule has 0 atom stereocenters. The van der Waals surface area contributed by atoms with E-state index in [1.165, 1.54) is 23.5 Å². The van der Waals surface area contributed by atoms with Crippen molar-refractivity contribution in [3.63, 3.8) is 0 Å². The molecular weight excluding hydrogens is 337 g/mol. The Kier molecular flexibility index (Phi) is 5.14. The molecule has 0 spiro atoms. The molecule has 3 nitrogen and oxygen atoms in total. The molecule has 0 aliphatic heterocycles. The Hall–Kier alpha value is -2.66. The van der Waals surface area contributed by atoms with Crippen LogP contribution in [-0.2, 0) is 6.61 Å². The highest BCUT2D eigenvalue weighted by Crippen LogP contribution is 2.21. The van der Waals surface area contributed by atoms with Gasteiger partial charge in [-0.15, -0.1) is 11.3 Å². The Morgan fingerprint density at radius 3 is 2.60 bits per heavy atom. The lowest BCUT2D eigenvalue weighted by molar-refractivity contribution is 0.103. The summed E-state index contributed by atoms with van der Waals surface area (Å²) >= 11 is 1.34. The van der Waals surface area contributed by atoms with Gasteiger partial charge in [-0.1, -0.05) is 12.1 Å². The number of hydrogen-bond acceptors (Lipinski definition) is 3. The van der Waals surface area contributed by atoms with Crippen LogP contribution in [0.5, 0.6) is 5.75 Å². The third kappa shape index (κ3) is 4.67. The first kappa shape index (κ1) is 17.2. The zero-order valence-corrected chi connectivity index (χ0v) is 14.8. The second-order valence-electron chi connectivity index (χ2n) is 5.90. The number of ether oxygens (including phenoxy) is 1. The number of amides is 1. The zero-order valence-electron chi connectivity index (χ0n) is 14.0. The summed E-state index contributed by atoms with van der Waals surface area (Å²) in [5.74, 6) is 0.175. The van der Waals surface area contributed by atoms with Crippen molar-refractivity contribution >= 4 is 22.9 Å². The van der Waals surface area contributed by atoms with Crippen LogP contribution in [0.15, 0.2) is 53.9 Å². The maximum atomic E-state index is 13.2. The van der Waals surface area contributed by atoms with Crippen molar-refractivity contribution in [2.24, 2.45) is 0 Å². The Balaban J connectivity index is 1.62. The fourth-order valence-corrected chi connectivity index (χ4v) is 3.30. The average molecular weight is 355 g/mol. The minimum atomic E-state index is -0.383. The molecule has 25 heavy (non-hydrogen) atoms. The molecule has 3 aromatic rings. The second-order valence-corrected chi connectivity index (χ2v) is 6.81. The molecule has 2 aromatic carbocycles. The van der Waals surface area contributed by atoms with Gasteiger partial charge in [-0.2, -0.15) is 0 Å². The molecule has 1 heterocycles. The molecule has 1 N–H and O–H groups in total. The summed E-state index contributed by atoms with van der Waals surface area (Å²) in [6, 6.07) is 13.7. The molecular formula is C20H18FNO2S. The van der Waals surface area contributed by atoms with Crippen LogP contribution in [0.2, 0.25) is 0 Å². The molecule has 0 fully saturated rings. The van der Waals surface area contributed by atoms with Crippen molar-refractivity contribution in [2.75, 3.05) is 5.32 Å². The molecule has 0 aliphatic rings. The average Bonchev–Trinajstić information content (AvgIpc) is 3.01. The van der Waals surface area contributed by atoms with E-state index in [2.05, 4.69) is 11.4 Å². The molecule has 128 valence electrons. The standard InChI is InChI=1S/C20H18FNO2S/c1-13-6-14(2)8-18(7-13)24-11-15-9-19(25-12-15)20(23)22-17-5-3-4-16(21)10-17/h3-10,12H,11H2,1-2H3,(H,22,23). The molecule has 1 amide bonds. The summed E-state index contributed by atoms with van der Waals surface area (Å²) < 4.78 is 19.0. The van der Waals surface area contributed by atoms with Gasteiger partial charge in [0.25, 0.3) is 5.91 Å². The lowest BCUT2D eigenvalue weighted by Crippen LogP contribution is -2.10. The van der Waals surface area contributed by atoms with E-state index in [0.29, 0.717) is 17.2 Å². The maximum Gasteiger partial charge on any atom is 0.265 e. The van der Waals surface area contributed by atoms with Gasteiger partial charge in [0.15, 0.2) is 0 Å². The molecule has 0 saturated carbocycles. The predicted molar refractivity (Wildman–Crippen MR) is 98.9 cm³/mol. The molecule has 5 heteroatoms. The SMILES string of the molecule is Cc1cc(C)cc(OCc2csc(C(=O)Nc3cccc(F)c3)c2)c1. The Bertz CT molecular complexity index is 884. The van der Waals surface area contributed by atoms with Gasteiger partial charge in [0, 0.05) is 11.3 Å². The van der Waals surface area contributed by atoms with Gasteiger partial charge >= 0.3 is 0 Å². The minimum Gasteiger partial charge on any atom is -0.489 e. The van der Waals surface area contributed by atoms with E-state index in [0.717, 1.165) is 22.4 Å². The number of nitrogens with one attached hydrogen (secondary N) is 1. The van der Waals surface area contributed by atoms with Gasteiger partial charge in [0.05, 0.1) is 4.88 Å². The predicted octanol–water partition coefficient (Wildman–Crippen LogP) is 5.34. The number of benzene rings is 2. The van der Waals surface area contributed by atoms with E-state index in [4.69, 9.17) is 4.74 Å². The van der Waals surface area contributed by atoms with Crippen LogP contribution in [0.1, 0.15) is 26.4 Å². The van der Waals surface area contributed by atoms with Crippen LogP contribution in [0, 0.1) is 19.7 Å². The van der Waals surface area contributed by atoms with E-state index < -0.39 is 0 Å². The summed E-state index contributed by atoms with van der Waals surface area (Å²) in [5.41, 5.74) is 3.66. The van der Waals surface area contributed by atoms with E-state index >= 15 is 0 Å². The molecule has 0 aliphatic carbocycles. The quantitative estimate of drug-likeness (QED) is 0.671. The van der Waals surface area contributed by atoms with Crippen molar-refractivity contribution in [2.45, 2.75) is 20.5 Å². The fourth-order valence-electron chi connectivity index (χ4n) is 2.51. The first-order chi connectivity index (χ1) is 12.0. The molecule has 0 saturated heterocycles. The van der Waals surface area contributed by atoms with E-state index in [-0.39, 0.29) is 11.7 Å². The number of aryl methyl sites for hydroxylation is 2. The van der Waals surface area contributed by atoms with Crippen LogP contribution >= 0.6 is 11.3 Å². The van der Waals surface area contributed by atoms with Gasteiger partial charge in [-0.25, -0.2) is 4.39 Å². The highest BCUT2D eigenvalue weighted by molar-refractivity contribution is 7.12. The van der Waals surface area contributed by atoms with Crippen LogP contribution in [0.3, 0.4) is 0 Å². The van der Waals surface area contributed by atoms with E-state index in [1.54, 1.807) is 18.2 Å². The van der Waals surface area contributed by atoms with Crippen LogP contribution in [0.25, 0.3) is 0 Å². The lowest BCUT2D eigenvalue weighted by atomic mass is 10.1. The monoisotopic (exact) mass is 355 g/mol. The number of hydrogen-bond donors (Lipinski definition) is 1. The van der Waals surface area contributed by atoms with Gasteiger partial charge in [0.1, 0.15) is 18.2 Å². The van der Waals surface area contributed by atoms with Crippen LogP contribution in [0.4, 0.5) is 10.1 Å². The zero-order chi connectivity index (χ0) is 17.8. The summed E-state index contributed by atoms with van der Waals surface area (Å²) in [7, 11) is 0. The second kappa shape index (κ2) is 7.49. The van der Waals surface area contributed by atoms with E-state index in [1.807, 2.05) is 31.4 Å². The first-order valence-corrected chi connectivity index (χ1v) is 8.73. The number of carbonyl (C=O) groups is 1. The summed E-state index contributed by atoms with van der Waals surface area (Å²) in [5, 5.41) is 4.58. The van der Waals surface area contributed by atoms with Gasteiger partial charge in [-0.3, -0.25) is 4.79 Å². The number of anilines is 1. The third-order valence-corrected chi connectivity index (χ3v) is 4.54. The molecule has 0 radical (unpaired) electrons. The fraction of sp³-hybridized carbons (Fsp3) is 0.150. The summed E-state index contributed by atoms with van der Waals surface area (Å²) in [6.07, 6.45) is 0. The van der Waals surface area contributed by atoms with Gasteiger partial charge < -0.3 is 10.1 Å². The van der Waals surface area contributed by atoms with Crippen molar-refractivity contribution < 1.29 is 13.9 Å². The maximum absolute atomic E-state index is 13.2. The molecule has 3 rings (SSSR count). The molecule has 0 bridgehead atoms. The smallest absolute Gasteiger partial charge is 0.265 e. The normalized spacial score (nSPS) is 10.5. The Labute approximate surface area is 150 Å². The van der Waals surface area contributed by atoms with Crippen molar-refractivity contribution in [3.8, 4) is 5.75 Å². The highest BCUT2D eigenvalue weighted by atomic mass is 32.1. The van der Waals surface area contributed by atoms with Crippen LogP contribution < -0.4 is 10.1 Å². The number of rotatable bonds is 5. The molecule has 1 aromatic heterocycles. The Morgan fingerprint density at radius 2 is 1.88 bits per heavy atom. The summed E-state index contributed by atoms with van der Waals surface area (Å²) in [6.45, 7) is 4.45. The van der Waals surface area contributed by atoms with Crippen LogP contribution in [-0.4, -0.2) is 5.91 Å².